The van der Waals surface area contributed by atoms with Gasteiger partial charge in [-0.2, -0.15) is 0 Å². The monoisotopic (exact) mass is 334 g/mol. The number of hydrogen-bond acceptors (Lipinski definition) is 3. The van der Waals surface area contributed by atoms with Crippen LogP contribution in [0.4, 0.5) is 0 Å². The van der Waals surface area contributed by atoms with Crippen molar-refractivity contribution in [1.82, 2.24) is 20.3 Å². The predicted octanol–water partition coefficient (Wildman–Crippen LogP) is 4.37. The molecule has 130 valence electrons. The van der Waals surface area contributed by atoms with E-state index in [4.69, 9.17) is 4.98 Å². The lowest BCUT2D eigenvalue weighted by atomic mass is 10.1. The van der Waals surface area contributed by atoms with Crippen LogP contribution in [-0.2, 0) is 12.8 Å². The zero-order valence-electron chi connectivity index (χ0n) is 15.1. The van der Waals surface area contributed by atoms with Crippen LogP contribution in [0.5, 0.6) is 0 Å². The predicted molar refractivity (Wildman–Crippen MR) is 106 cm³/mol. The fourth-order valence-corrected chi connectivity index (χ4v) is 3.08. The van der Waals surface area contributed by atoms with E-state index in [0.29, 0.717) is 0 Å². The molecular weight excluding hydrogens is 308 g/mol. The van der Waals surface area contributed by atoms with E-state index in [-0.39, 0.29) is 0 Å². The van der Waals surface area contributed by atoms with Crippen molar-refractivity contribution in [3.05, 3.63) is 54.0 Å². The highest BCUT2D eigenvalue weighted by atomic mass is 14.8. The largest absolute Gasteiger partial charge is 0.358 e. The van der Waals surface area contributed by atoms with Crippen molar-refractivity contribution in [1.29, 1.82) is 0 Å². The second-order valence-electron chi connectivity index (χ2n) is 6.31. The zero-order chi connectivity index (χ0) is 17.6. The van der Waals surface area contributed by atoms with Crippen LogP contribution in [0.25, 0.3) is 28.4 Å². The lowest BCUT2D eigenvalue weighted by Gasteiger charge is -2.06. The van der Waals surface area contributed by atoms with Crippen LogP contribution in [0, 0.1) is 0 Å². The molecule has 0 radical (unpaired) electrons. The highest BCUT2D eigenvalue weighted by molar-refractivity contribution is 5.90. The Morgan fingerprint density at radius 3 is 2.88 bits per heavy atom. The fourth-order valence-electron chi connectivity index (χ4n) is 3.08. The van der Waals surface area contributed by atoms with E-state index in [1.165, 1.54) is 12.1 Å². The van der Waals surface area contributed by atoms with E-state index >= 15 is 0 Å². The molecule has 25 heavy (non-hydrogen) atoms. The fraction of sp³-hybridized carbons (Fsp3) is 0.333. The minimum Gasteiger partial charge on any atom is -0.358 e. The van der Waals surface area contributed by atoms with Gasteiger partial charge in [0.2, 0.25) is 0 Å². The second-order valence-corrected chi connectivity index (χ2v) is 6.31. The summed E-state index contributed by atoms with van der Waals surface area (Å²) >= 11 is 0. The number of H-pyrrole nitrogens is 1. The Morgan fingerprint density at radius 1 is 1.24 bits per heavy atom. The molecule has 0 amide bonds. The summed E-state index contributed by atoms with van der Waals surface area (Å²) in [5.74, 6) is 0. The number of rotatable bonds is 8. The Morgan fingerprint density at radius 2 is 2.12 bits per heavy atom. The molecule has 4 nitrogen and oxygen atoms in total. The molecule has 0 fully saturated rings. The summed E-state index contributed by atoms with van der Waals surface area (Å²) in [6.07, 6.45) is 8.05. The van der Waals surface area contributed by atoms with Crippen LogP contribution < -0.4 is 5.32 Å². The van der Waals surface area contributed by atoms with Crippen molar-refractivity contribution in [2.45, 2.75) is 32.6 Å². The van der Waals surface area contributed by atoms with Gasteiger partial charge in [-0.05, 0) is 49.7 Å². The third-order valence-corrected chi connectivity index (χ3v) is 4.50. The first-order valence-corrected chi connectivity index (χ1v) is 9.00. The molecule has 0 aliphatic carbocycles. The van der Waals surface area contributed by atoms with Gasteiger partial charge in [-0.3, -0.25) is 9.97 Å². The first-order valence-electron chi connectivity index (χ1n) is 9.00. The van der Waals surface area contributed by atoms with Crippen molar-refractivity contribution >= 4 is 17.1 Å². The van der Waals surface area contributed by atoms with Gasteiger partial charge >= 0.3 is 0 Å². The average Bonchev–Trinajstić information content (AvgIpc) is 3.07. The smallest absolute Gasteiger partial charge is 0.0983 e. The summed E-state index contributed by atoms with van der Waals surface area (Å²) in [4.78, 5) is 12.9. The van der Waals surface area contributed by atoms with Crippen LogP contribution >= 0.6 is 0 Å². The minimum atomic E-state index is 0.928. The van der Waals surface area contributed by atoms with E-state index < -0.39 is 0 Å². The summed E-state index contributed by atoms with van der Waals surface area (Å²) in [6.45, 7) is 7.08. The Balaban J connectivity index is 2.05. The number of aromatic amines is 1. The topological polar surface area (TPSA) is 53.6 Å². The third kappa shape index (κ3) is 3.80. The summed E-state index contributed by atoms with van der Waals surface area (Å²) < 4.78 is 0. The molecule has 0 aliphatic rings. The second kappa shape index (κ2) is 8.08. The summed E-state index contributed by atoms with van der Waals surface area (Å²) in [5, 5.41) is 3.20. The molecule has 3 aromatic rings. The SMILES string of the molecule is C=Cc1cc(-c2ccnc3ccc(CCCC)nc23)[nH]c1CCNC. The maximum Gasteiger partial charge on any atom is 0.0983 e. The quantitative estimate of drug-likeness (QED) is 0.643. The summed E-state index contributed by atoms with van der Waals surface area (Å²) in [5.41, 5.74) is 7.56. The van der Waals surface area contributed by atoms with Crippen molar-refractivity contribution in [3.63, 3.8) is 0 Å². The number of nitrogens with one attached hydrogen (secondary N) is 2. The highest BCUT2D eigenvalue weighted by Crippen LogP contribution is 2.28. The molecule has 0 spiro atoms. The molecule has 2 N–H and O–H groups in total. The first-order chi connectivity index (χ1) is 12.3. The number of pyridine rings is 2. The van der Waals surface area contributed by atoms with E-state index in [9.17, 15) is 0 Å². The number of aryl methyl sites for hydroxylation is 1. The third-order valence-electron chi connectivity index (χ3n) is 4.50. The standard InChI is InChI=1S/C21H26N4/c1-4-6-7-16-8-9-19-21(24-16)17(10-13-23-19)20-14-15(5-2)18(25-20)11-12-22-3/h5,8-10,13-14,22,25H,2,4,6-7,11-12H2,1,3H3. The van der Waals surface area contributed by atoms with Gasteiger partial charge in [0.05, 0.1) is 11.0 Å². The molecular formula is C21H26N4. The zero-order valence-corrected chi connectivity index (χ0v) is 15.1. The van der Waals surface area contributed by atoms with Crippen LogP contribution in [0.3, 0.4) is 0 Å². The van der Waals surface area contributed by atoms with E-state index in [0.717, 1.165) is 59.4 Å². The van der Waals surface area contributed by atoms with Crippen LogP contribution in [0.2, 0.25) is 0 Å². The number of hydrogen-bond donors (Lipinski definition) is 2. The van der Waals surface area contributed by atoms with Crippen molar-refractivity contribution in [2.24, 2.45) is 0 Å². The van der Waals surface area contributed by atoms with Crippen LogP contribution in [0.1, 0.15) is 36.7 Å². The van der Waals surface area contributed by atoms with Crippen molar-refractivity contribution < 1.29 is 0 Å². The Kier molecular flexibility index (Phi) is 5.61. The average molecular weight is 334 g/mol. The maximum absolute atomic E-state index is 4.90. The van der Waals surface area contributed by atoms with Gasteiger partial charge in [0, 0.05) is 41.8 Å². The Bertz CT molecular complexity index is 863. The molecule has 0 unspecified atom stereocenters. The highest BCUT2D eigenvalue weighted by Gasteiger charge is 2.12. The van der Waals surface area contributed by atoms with Gasteiger partial charge in [-0.15, -0.1) is 0 Å². The molecule has 0 atom stereocenters. The van der Waals surface area contributed by atoms with Gasteiger partial charge < -0.3 is 10.3 Å². The maximum atomic E-state index is 4.90. The number of aromatic nitrogens is 3. The molecule has 0 aliphatic heterocycles. The molecule has 3 rings (SSSR count). The Labute approximate surface area is 149 Å². The molecule has 0 bridgehead atoms. The number of fused-ring (bicyclic) bond motifs is 1. The number of likely N-dealkylation sites (N-methyl/N-ethyl adjacent to an activating group) is 1. The molecule has 4 heteroatoms. The molecule has 0 saturated heterocycles. The molecule has 0 aromatic carbocycles. The van der Waals surface area contributed by atoms with Gasteiger partial charge in [0.25, 0.3) is 0 Å². The van der Waals surface area contributed by atoms with Gasteiger partial charge in [0.1, 0.15) is 0 Å². The van der Waals surface area contributed by atoms with Crippen LogP contribution in [0.15, 0.2) is 37.0 Å². The summed E-state index contributed by atoms with van der Waals surface area (Å²) in [6, 6.07) is 8.37. The van der Waals surface area contributed by atoms with Gasteiger partial charge in [-0.1, -0.05) is 26.0 Å². The molecule has 0 saturated carbocycles. The van der Waals surface area contributed by atoms with Gasteiger partial charge in [-0.25, -0.2) is 0 Å². The normalized spacial score (nSPS) is 11.1. The molecule has 3 heterocycles. The van der Waals surface area contributed by atoms with Crippen molar-refractivity contribution in [2.75, 3.05) is 13.6 Å². The van der Waals surface area contributed by atoms with Gasteiger partial charge in [0.15, 0.2) is 0 Å². The lowest BCUT2D eigenvalue weighted by Crippen LogP contribution is -2.11. The summed E-state index contributed by atoms with van der Waals surface area (Å²) in [7, 11) is 1.97. The van der Waals surface area contributed by atoms with E-state index in [2.05, 4.69) is 47.0 Å². The van der Waals surface area contributed by atoms with Crippen molar-refractivity contribution in [3.8, 4) is 11.3 Å². The van der Waals surface area contributed by atoms with E-state index in [1.807, 2.05) is 25.4 Å². The number of unbranched alkanes of at least 4 members (excludes halogenated alkanes) is 1. The number of nitrogens with zero attached hydrogens (tertiary/aromatic N) is 2. The Hall–Kier alpha value is -2.46. The van der Waals surface area contributed by atoms with Crippen LogP contribution in [-0.4, -0.2) is 28.5 Å². The lowest BCUT2D eigenvalue weighted by molar-refractivity contribution is 0.779. The minimum absolute atomic E-state index is 0.928. The first kappa shape index (κ1) is 17.4. The van der Waals surface area contributed by atoms with E-state index in [1.54, 1.807) is 0 Å². The molecule has 3 aromatic heterocycles.